The zero-order chi connectivity index (χ0) is 7.61. The molecule has 1 fully saturated rings. The summed E-state index contributed by atoms with van der Waals surface area (Å²) in [6.45, 7) is 0. The zero-order valence-corrected chi connectivity index (χ0v) is 8.59. The van der Waals surface area contributed by atoms with Gasteiger partial charge in [0.25, 0.3) is 0 Å². The Morgan fingerprint density at radius 3 is 2.09 bits per heavy atom. The molecule has 0 aliphatic heterocycles. The number of hydrogen-bond acceptors (Lipinski definition) is 3. The molecule has 4 heteroatoms. The number of carbonyl (C=O) groups excluding carboxylic acids is 1. The number of nitrogens with zero attached hydrogens (tertiary/aromatic N) is 1. The molecule has 1 rings (SSSR count). The van der Waals surface area contributed by atoms with Crippen LogP contribution in [-0.2, 0) is 4.79 Å². The van der Waals surface area contributed by atoms with Crippen molar-refractivity contribution < 1.29 is 39.5 Å². The average Bonchev–Trinajstić information content (AvgIpc) is 2.35. The van der Waals surface area contributed by atoms with Crippen molar-refractivity contribution in [2.45, 2.75) is 25.7 Å². The van der Waals surface area contributed by atoms with Crippen molar-refractivity contribution in [3.8, 4) is 6.07 Å². The molecule has 0 bridgehead atoms. The topological polar surface area (TPSA) is 63.9 Å². The van der Waals surface area contributed by atoms with Gasteiger partial charge in [-0.1, -0.05) is 12.8 Å². The van der Waals surface area contributed by atoms with E-state index in [9.17, 15) is 9.90 Å². The van der Waals surface area contributed by atoms with Gasteiger partial charge in [-0.2, -0.15) is 5.26 Å². The number of aliphatic carboxylic acids is 1. The molecule has 0 N–H and O–H groups in total. The van der Waals surface area contributed by atoms with Crippen molar-refractivity contribution in [2.75, 3.05) is 0 Å². The van der Waals surface area contributed by atoms with Crippen molar-refractivity contribution in [3.63, 3.8) is 0 Å². The minimum Gasteiger partial charge on any atom is -0.548 e. The molecule has 1 saturated carbocycles. The van der Waals surface area contributed by atoms with Crippen LogP contribution in [0.3, 0.4) is 0 Å². The molecule has 0 unspecified atom stereocenters. The Labute approximate surface area is 87.7 Å². The Kier molecular flexibility index (Phi) is 4.09. The number of nitriles is 1. The van der Waals surface area contributed by atoms with Gasteiger partial charge in [-0.15, -0.1) is 0 Å². The van der Waals surface area contributed by atoms with E-state index in [1.54, 1.807) is 0 Å². The maximum absolute atomic E-state index is 10.4. The maximum Gasteiger partial charge on any atom is 1.00 e. The van der Waals surface area contributed by atoms with E-state index in [1.165, 1.54) is 0 Å². The first-order valence-electron chi connectivity index (χ1n) is 3.34. The van der Waals surface area contributed by atoms with Crippen LogP contribution in [0.5, 0.6) is 0 Å². The molecule has 0 aromatic carbocycles. The van der Waals surface area contributed by atoms with Gasteiger partial charge in [-0.25, -0.2) is 0 Å². The fraction of sp³-hybridized carbons (Fsp3) is 0.714. The molecule has 0 heterocycles. The van der Waals surface area contributed by atoms with Crippen LogP contribution < -0.4 is 34.7 Å². The van der Waals surface area contributed by atoms with Crippen LogP contribution in [0.1, 0.15) is 25.7 Å². The minimum atomic E-state index is -1.20. The Bertz CT molecular complexity index is 191. The van der Waals surface area contributed by atoms with E-state index in [4.69, 9.17) is 5.26 Å². The first kappa shape index (κ1) is 11.0. The fourth-order valence-electron chi connectivity index (χ4n) is 1.34. The van der Waals surface area contributed by atoms with Gasteiger partial charge in [0.15, 0.2) is 0 Å². The SMILES string of the molecule is N#CC1(C(=O)[O-])CCCC1.[Na+]. The van der Waals surface area contributed by atoms with Crippen LogP contribution in [-0.4, -0.2) is 5.97 Å². The van der Waals surface area contributed by atoms with Crippen LogP contribution >= 0.6 is 0 Å². The van der Waals surface area contributed by atoms with E-state index >= 15 is 0 Å². The van der Waals surface area contributed by atoms with Gasteiger partial charge in [-0.3, -0.25) is 0 Å². The summed E-state index contributed by atoms with van der Waals surface area (Å²) in [5.74, 6) is -1.20. The third-order valence-corrected chi connectivity index (χ3v) is 2.06. The Morgan fingerprint density at radius 1 is 1.45 bits per heavy atom. The molecule has 3 nitrogen and oxygen atoms in total. The summed E-state index contributed by atoms with van der Waals surface area (Å²) in [6, 6.07) is 1.81. The second-order valence-electron chi connectivity index (χ2n) is 2.69. The Morgan fingerprint density at radius 2 is 1.91 bits per heavy atom. The summed E-state index contributed by atoms with van der Waals surface area (Å²) in [4.78, 5) is 10.4. The molecule has 1 aliphatic carbocycles. The monoisotopic (exact) mass is 161 g/mol. The predicted octanol–water partition coefficient (Wildman–Crippen LogP) is -3.18. The van der Waals surface area contributed by atoms with Crippen LogP contribution in [0, 0.1) is 16.7 Å². The minimum absolute atomic E-state index is 0. The van der Waals surface area contributed by atoms with Crippen molar-refractivity contribution >= 4 is 5.97 Å². The summed E-state index contributed by atoms with van der Waals surface area (Å²) in [6.07, 6.45) is 2.60. The first-order valence-corrected chi connectivity index (χ1v) is 3.34. The molecule has 11 heavy (non-hydrogen) atoms. The van der Waals surface area contributed by atoms with Crippen LogP contribution in [0.15, 0.2) is 0 Å². The smallest absolute Gasteiger partial charge is 0.548 e. The normalized spacial score (nSPS) is 19.9. The van der Waals surface area contributed by atoms with Gasteiger partial charge in [0, 0.05) is 0 Å². The molecule has 0 atom stereocenters. The summed E-state index contributed by atoms with van der Waals surface area (Å²) in [5.41, 5.74) is -1.15. The van der Waals surface area contributed by atoms with Crippen molar-refractivity contribution in [3.05, 3.63) is 0 Å². The molecule has 0 saturated heterocycles. The van der Waals surface area contributed by atoms with Crippen LogP contribution in [0.25, 0.3) is 0 Å². The van der Waals surface area contributed by atoms with Crippen molar-refractivity contribution in [2.24, 2.45) is 5.41 Å². The van der Waals surface area contributed by atoms with E-state index in [2.05, 4.69) is 0 Å². The molecule has 1 aliphatic rings. The summed E-state index contributed by atoms with van der Waals surface area (Å²) in [5, 5.41) is 18.9. The molecular weight excluding hydrogens is 153 g/mol. The van der Waals surface area contributed by atoms with Gasteiger partial charge in [0.1, 0.15) is 0 Å². The van der Waals surface area contributed by atoms with E-state index < -0.39 is 11.4 Å². The quantitative estimate of drug-likeness (QED) is 0.381. The molecule has 0 radical (unpaired) electrons. The zero-order valence-electron chi connectivity index (χ0n) is 6.59. The maximum atomic E-state index is 10.4. The summed E-state index contributed by atoms with van der Waals surface area (Å²) in [7, 11) is 0. The van der Waals surface area contributed by atoms with E-state index in [-0.39, 0.29) is 29.6 Å². The van der Waals surface area contributed by atoms with Gasteiger partial charge >= 0.3 is 29.6 Å². The molecular formula is C7H8NNaO2. The number of carboxylic acids is 1. The van der Waals surface area contributed by atoms with Gasteiger partial charge in [0.05, 0.1) is 17.5 Å². The van der Waals surface area contributed by atoms with Crippen molar-refractivity contribution in [1.82, 2.24) is 0 Å². The second kappa shape index (κ2) is 4.10. The fourth-order valence-corrected chi connectivity index (χ4v) is 1.34. The average molecular weight is 161 g/mol. The van der Waals surface area contributed by atoms with Crippen LogP contribution in [0.2, 0.25) is 0 Å². The molecule has 0 aromatic heterocycles. The largest absolute Gasteiger partial charge is 1.00 e. The molecule has 0 amide bonds. The van der Waals surface area contributed by atoms with Gasteiger partial charge in [0.2, 0.25) is 0 Å². The predicted molar refractivity (Wildman–Crippen MR) is 31.5 cm³/mol. The van der Waals surface area contributed by atoms with Crippen LogP contribution in [0.4, 0.5) is 0 Å². The number of carboxylic acid groups (broad SMARTS) is 1. The van der Waals surface area contributed by atoms with E-state index in [1.807, 2.05) is 6.07 Å². The van der Waals surface area contributed by atoms with Crippen molar-refractivity contribution in [1.29, 1.82) is 5.26 Å². The number of rotatable bonds is 1. The molecule has 0 spiro atoms. The number of carbonyl (C=O) groups is 1. The summed E-state index contributed by atoms with van der Waals surface area (Å²) >= 11 is 0. The molecule has 54 valence electrons. The van der Waals surface area contributed by atoms with E-state index in [0.29, 0.717) is 12.8 Å². The third-order valence-electron chi connectivity index (χ3n) is 2.06. The van der Waals surface area contributed by atoms with E-state index in [0.717, 1.165) is 12.8 Å². The second-order valence-corrected chi connectivity index (χ2v) is 2.69. The molecule has 0 aromatic rings. The Balaban J connectivity index is 0.000001000. The van der Waals surface area contributed by atoms with Gasteiger partial charge < -0.3 is 9.90 Å². The summed E-state index contributed by atoms with van der Waals surface area (Å²) < 4.78 is 0. The number of hydrogen-bond donors (Lipinski definition) is 0. The third kappa shape index (κ3) is 1.96. The Hall–Kier alpha value is -0.0400. The standard InChI is InChI=1S/C7H9NO2.Na/c8-5-7(6(9)10)3-1-2-4-7;/h1-4H2,(H,9,10);/q;+1/p-1. The first-order chi connectivity index (χ1) is 4.71. The van der Waals surface area contributed by atoms with Gasteiger partial charge in [-0.05, 0) is 12.8 Å².